The highest BCUT2D eigenvalue weighted by Gasteiger charge is 2.24. The van der Waals surface area contributed by atoms with Crippen LogP contribution in [0.15, 0.2) is 35.0 Å². The van der Waals surface area contributed by atoms with Gasteiger partial charge in [-0.2, -0.15) is 0 Å². The first kappa shape index (κ1) is 19.5. The zero-order chi connectivity index (χ0) is 18.2. The van der Waals surface area contributed by atoms with Crippen molar-refractivity contribution in [2.24, 2.45) is 0 Å². The minimum atomic E-state index is 0.187. The summed E-state index contributed by atoms with van der Waals surface area (Å²) < 4.78 is 0. The lowest BCUT2D eigenvalue weighted by atomic mass is 10.1. The van der Waals surface area contributed by atoms with Crippen molar-refractivity contribution in [2.45, 2.75) is 31.7 Å². The van der Waals surface area contributed by atoms with Gasteiger partial charge in [-0.25, -0.2) is 0 Å². The van der Waals surface area contributed by atoms with Crippen molar-refractivity contribution in [3.05, 3.63) is 44.8 Å². The summed E-state index contributed by atoms with van der Waals surface area (Å²) in [5, 5.41) is 7.43. The maximum Gasteiger partial charge on any atom is 0.220 e. The molecule has 1 saturated heterocycles. The van der Waals surface area contributed by atoms with Gasteiger partial charge in [-0.15, -0.1) is 22.7 Å². The number of rotatable bonds is 9. The Morgan fingerprint density at radius 3 is 2.58 bits per heavy atom. The molecule has 1 atom stereocenters. The van der Waals surface area contributed by atoms with Crippen LogP contribution in [0.1, 0.15) is 35.1 Å². The highest BCUT2D eigenvalue weighted by molar-refractivity contribution is 7.10. The first-order valence-corrected chi connectivity index (χ1v) is 11.2. The Morgan fingerprint density at radius 2 is 1.88 bits per heavy atom. The average Bonchev–Trinajstić information content (AvgIpc) is 3.34. The van der Waals surface area contributed by atoms with E-state index in [1.807, 2.05) is 0 Å². The Balaban J connectivity index is 1.42. The van der Waals surface area contributed by atoms with Gasteiger partial charge in [0, 0.05) is 48.9 Å². The van der Waals surface area contributed by atoms with Gasteiger partial charge in [-0.1, -0.05) is 12.1 Å². The number of piperazine rings is 1. The normalized spacial score (nSPS) is 17.3. The lowest BCUT2D eigenvalue weighted by Gasteiger charge is -2.37. The molecule has 2 aromatic heterocycles. The van der Waals surface area contributed by atoms with Gasteiger partial charge in [0.15, 0.2) is 0 Å². The highest BCUT2D eigenvalue weighted by atomic mass is 32.1. The van der Waals surface area contributed by atoms with Crippen molar-refractivity contribution in [2.75, 3.05) is 39.8 Å². The molecule has 0 aliphatic carbocycles. The number of hydrogen-bond acceptors (Lipinski definition) is 5. The average molecular weight is 392 g/mol. The third-order valence-electron chi connectivity index (χ3n) is 5.00. The van der Waals surface area contributed by atoms with E-state index in [1.54, 1.807) is 22.7 Å². The molecule has 1 N–H and O–H groups in total. The number of amides is 1. The summed E-state index contributed by atoms with van der Waals surface area (Å²) in [4.78, 5) is 19.9. The van der Waals surface area contributed by atoms with E-state index >= 15 is 0 Å². The van der Waals surface area contributed by atoms with E-state index in [1.165, 1.54) is 9.75 Å². The Kier molecular flexibility index (Phi) is 7.68. The standard InChI is InChI=1S/C20H29N3OS2/c1-22-10-12-23(13-11-22)18(19-8-5-15-26-19)16-21-20(24)9-3-2-6-17-7-4-14-25-17/h4-5,7-8,14-15,18H,2-3,6,9-13,16H2,1H3,(H,21,24). The largest absolute Gasteiger partial charge is 0.354 e. The number of nitrogens with zero attached hydrogens (tertiary/aromatic N) is 2. The van der Waals surface area contributed by atoms with E-state index in [9.17, 15) is 4.79 Å². The molecule has 0 saturated carbocycles. The Hall–Kier alpha value is -1.21. The molecule has 1 aliphatic heterocycles. The second kappa shape index (κ2) is 10.2. The fraction of sp³-hybridized carbons (Fsp3) is 0.550. The van der Waals surface area contributed by atoms with E-state index < -0.39 is 0 Å². The van der Waals surface area contributed by atoms with Gasteiger partial charge in [-0.05, 0) is 49.2 Å². The van der Waals surface area contributed by atoms with E-state index in [0.29, 0.717) is 19.0 Å². The first-order valence-electron chi connectivity index (χ1n) is 9.47. The van der Waals surface area contributed by atoms with E-state index in [-0.39, 0.29) is 5.91 Å². The maximum atomic E-state index is 12.3. The Bertz CT molecular complexity index is 634. The number of likely N-dealkylation sites (N-methyl/N-ethyl adjacent to an activating group) is 1. The molecule has 6 heteroatoms. The van der Waals surface area contributed by atoms with Crippen molar-refractivity contribution >= 4 is 28.6 Å². The van der Waals surface area contributed by atoms with Crippen LogP contribution in [-0.2, 0) is 11.2 Å². The molecule has 3 heterocycles. The zero-order valence-corrected chi connectivity index (χ0v) is 17.2. The van der Waals surface area contributed by atoms with Gasteiger partial charge in [0.25, 0.3) is 0 Å². The van der Waals surface area contributed by atoms with Crippen molar-refractivity contribution in [1.29, 1.82) is 0 Å². The molecular formula is C20H29N3OS2. The molecule has 142 valence electrons. The monoisotopic (exact) mass is 391 g/mol. The van der Waals surface area contributed by atoms with Gasteiger partial charge in [0.1, 0.15) is 0 Å². The van der Waals surface area contributed by atoms with Crippen LogP contribution in [0.2, 0.25) is 0 Å². The third-order valence-corrected chi connectivity index (χ3v) is 6.91. The molecule has 4 nitrogen and oxygen atoms in total. The predicted molar refractivity (Wildman–Crippen MR) is 111 cm³/mol. The molecule has 0 radical (unpaired) electrons. The minimum absolute atomic E-state index is 0.187. The van der Waals surface area contributed by atoms with Gasteiger partial charge in [0.2, 0.25) is 5.91 Å². The Morgan fingerprint density at radius 1 is 1.12 bits per heavy atom. The molecule has 1 aliphatic rings. The summed E-state index contributed by atoms with van der Waals surface area (Å²) in [6, 6.07) is 8.87. The summed E-state index contributed by atoms with van der Waals surface area (Å²) in [6.45, 7) is 5.04. The van der Waals surface area contributed by atoms with E-state index in [0.717, 1.165) is 45.4 Å². The quantitative estimate of drug-likeness (QED) is 0.663. The number of aryl methyl sites for hydroxylation is 1. The van der Waals surface area contributed by atoms with Crippen molar-refractivity contribution in [3.8, 4) is 0 Å². The molecule has 0 spiro atoms. The molecular weight excluding hydrogens is 362 g/mol. The van der Waals surface area contributed by atoms with Crippen LogP contribution in [0, 0.1) is 0 Å². The number of nitrogens with one attached hydrogen (secondary N) is 1. The summed E-state index contributed by atoms with van der Waals surface area (Å²) in [6.07, 6.45) is 3.76. The molecule has 1 unspecified atom stereocenters. The SMILES string of the molecule is CN1CCN(C(CNC(=O)CCCCc2cccs2)c2cccs2)CC1. The van der Waals surface area contributed by atoms with Crippen LogP contribution >= 0.6 is 22.7 Å². The van der Waals surface area contributed by atoms with Gasteiger partial charge >= 0.3 is 0 Å². The fourth-order valence-corrected chi connectivity index (χ4v) is 4.97. The molecule has 1 amide bonds. The second-order valence-electron chi connectivity index (χ2n) is 6.96. The third kappa shape index (κ3) is 5.91. The lowest BCUT2D eigenvalue weighted by Crippen LogP contribution is -2.48. The van der Waals surface area contributed by atoms with Crippen molar-refractivity contribution < 1.29 is 4.79 Å². The van der Waals surface area contributed by atoms with Gasteiger partial charge in [-0.3, -0.25) is 9.69 Å². The number of thiophene rings is 2. The molecule has 1 fully saturated rings. The van der Waals surface area contributed by atoms with Crippen LogP contribution in [-0.4, -0.2) is 55.5 Å². The second-order valence-corrected chi connectivity index (χ2v) is 8.97. The minimum Gasteiger partial charge on any atom is -0.354 e. The number of hydrogen-bond donors (Lipinski definition) is 1. The molecule has 26 heavy (non-hydrogen) atoms. The number of unbranched alkanes of at least 4 members (excludes halogenated alkanes) is 1. The van der Waals surface area contributed by atoms with E-state index in [2.05, 4.69) is 57.2 Å². The zero-order valence-electron chi connectivity index (χ0n) is 15.5. The van der Waals surface area contributed by atoms with Gasteiger partial charge < -0.3 is 10.2 Å². The topological polar surface area (TPSA) is 35.6 Å². The smallest absolute Gasteiger partial charge is 0.220 e. The first-order chi connectivity index (χ1) is 12.7. The number of carbonyl (C=O) groups excluding carboxylic acids is 1. The molecule has 0 bridgehead atoms. The van der Waals surface area contributed by atoms with Crippen LogP contribution in [0.4, 0.5) is 0 Å². The van der Waals surface area contributed by atoms with Crippen molar-refractivity contribution in [3.63, 3.8) is 0 Å². The highest BCUT2D eigenvalue weighted by Crippen LogP contribution is 2.25. The fourth-order valence-electron chi connectivity index (χ4n) is 3.36. The molecule has 2 aromatic rings. The van der Waals surface area contributed by atoms with E-state index in [4.69, 9.17) is 0 Å². The lowest BCUT2D eigenvalue weighted by molar-refractivity contribution is -0.121. The van der Waals surface area contributed by atoms with Crippen LogP contribution in [0.25, 0.3) is 0 Å². The predicted octanol–water partition coefficient (Wildman–Crippen LogP) is 3.63. The van der Waals surface area contributed by atoms with Crippen LogP contribution in [0.3, 0.4) is 0 Å². The molecule has 3 rings (SSSR count). The molecule has 0 aromatic carbocycles. The van der Waals surface area contributed by atoms with Crippen molar-refractivity contribution in [1.82, 2.24) is 15.1 Å². The van der Waals surface area contributed by atoms with Gasteiger partial charge in [0.05, 0.1) is 6.04 Å². The number of carbonyl (C=O) groups is 1. The Labute approximate surface area is 164 Å². The maximum absolute atomic E-state index is 12.3. The summed E-state index contributed by atoms with van der Waals surface area (Å²) >= 11 is 3.59. The van der Waals surface area contributed by atoms with Crippen LogP contribution < -0.4 is 5.32 Å². The summed E-state index contributed by atoms with van der Waals surface area (Å²) in [5.74, 6) is 0.187. The summed E-state index contributed by atoms with van der Waals surface area (Å²) in [5.41, 5.74) is 0. The summed E-state index contributed by atoms with van der Waals surface area (Å²) in [7, 11) is 2.18. The van der Waals surface area contributed by atoms with Crippen LogP contribution in [0.5, 0.6) is 0 Å².